The minimum absolute atomic E-state index is 0.0122. The molecule has 0 radical (unpaired) electrons. The van der Waals surface area contributed by atoms with Crippen LogP contribution in [0.1, 0.15) is 67.1 Å². The highest BCUT2D eigenvalue weighted by Crippen LogP contribution is 2.32. The highest BCUT2D eigenvalue weighted by molar-refractivity contribution is 6.06. The number of amides is 1. The predicted octanol–water partition coefficient (Wildman–Crippen LogP) is 4.15. The number of ether oxygens (including phenoxy) is 1. The van der Waals surface area contributed by atoms with Crippen LogP contribution in [0, 0.1) is 5.92 Å². The van der Waals surface area contributed by atoms with Crippen LogP contribution in [0.3, 0.4) is 0 Å². The lowest BCUT2D eigenvalue weighted by atomic mass is 9.87. The number of rotatable bonds is 8. The summed E-state index contributed by atoms with van der Waals surface area (Å²) in [6, 6.07) is 6.01. The number of carbonyl (C=O) groups is 2. The number of aryl methyl sites for hydroxylation is 1. The summed E-state index contributed by atoms with van der Waals surface area (Å²) in [6.45, 7) is 2.95. The van der Waals surface area contributed by atoms with Gasteiger partial charge in [0.1, 0.15) is 0 Å². The van der Waals surface area contributed by atoms with Gasteiger partial charge in [0.05, 0.1) is 18.2 Å². The third-order valence-electron chi connectivity index (χ3n) is 5.53. The van der Waals surface area contributed by atoms with E-state index in [4.69, 9.17) is 0 Å². The smallest absolute Gasteiger partial charge is 0.305 e. The number of methoxy groups -OCH3 is 1. The Bertz CT molecular complexity index is 809. The monoisotopic (exact) mass is 370 g/mol. The van der Waals surface area contributed by atoms with Crippen molar-refractivity contribution in [2.24, 2.45) is 5.92 Å². The maximum atomic E-state index is 12.7. The maximum absolute atomic E-state index is 12.7. The number of benzene rings is 1. The van der Waals surface area contributed by atoms with E-state index in [1.165, 1.54) is 30.2 Å². The van der Waals surface area contributed by atoms with Crippen molar-refractivity contribution >= 4 is 22.8 Å². The molecule has 0 saturated heterocycles. The Morgan fingerprint density at radius 1 is 1.22 bits per heavy atom. The second kappa shape index (κ2) is 9.07. The SMILES string of the molecule is COC(=O)CCCCCCNC(=O)c1cccc2c3c([nH]c12)CCC(C)C3. The Morgan fingerprint density at radius 3 is 2.85 bits per heavy atom. The first-order chi connectivity index (χ1) is 13.1. The minimum atomic E-state index is -0.153. The summed E-state index contributed by atoms with van der Waals surface area (Å²) in [7, 11) is 1.42. The molecule has 27 heavy (non-hydrogen) atoms. The summed E-state index contributed by atoms with van der Waals surface area (Å²) in [5, 5.41) is 4.24. The minimum Gasteiger partial charge on any atom is -0.469 e. The Kier molecular flexibility index (Phi) is 6.54. The first kappa shape index (κ1) is 19.5. The van der Waals surface area contributed by atoms with Crippen LogP contribution < -0.4 is 5.32 Å². The largest absolute Gasteiger partial charge is 0.469 e. The fraction of sp³-hybridized carbons (Fsp3) is 0.545. The van der Waals surface area contributed by atoms with Gasteiger partial charge >= 0.3 is 5.97 Å². The molecule has 0 spiro atoms. The van der Waals surface area contributed by atoms with E-state index < -0.39 is 0 Å². The van der Waals surface area contributed by atoms with Gasteiger partial charge in [-0.15, -0.1) is 0 Å². The van der Waals surface area contributed by atoms with Crippen LogP contribution in [0.25, 0.3) is 10.9 Å². The molecule has 1 aliphatic carbocycles. The summed E-state index contributed by atoms with van der Waals surface area (Å²) in [4.78, 5) is 27.2. The van der Waals surface area contributed by atoms with Gasteiger partial charge in [0.25, 0.3) is 5.91 Å². The molecular weight excluding hydrogens is 340 g/mol. The number of hydrogen-bond donors (Lipinski definition) is 2. The zero-order valence-corrected chi connectivity index (χ0v) is 16.4. The van der Waals surface area contributed by atoms with E-state index in [-0.39, 0.29) is 11.9 Å². The van der Waals surface area contributed by atoms with E-state index >= 15 is 0 Å². The van der Waals surface area contributed by atoms with Gasteiger partial charge in [-0.1, -0.05) is 31.9 Å². The number of nitrogens with one attached hydrogen (secondary N) is 2. The molecule has 1 heterocycles. The van der Waals surface area contributed by atoms with Crippen LogP contribution in [0.2, 0.25) is 0 Å². The van der Waals surface area contributed by atoms with Gasteiger partial charge in [-0.2, -0.15) is 0 Å². The number of H-pyrrole nitrogens is 1. The number of carbonyl (C=O) groups excluding carboxylic acids is 2. The topological polar surface area (TPSA) is 71.2 Å². The van der Waals surface area contributed by atoms with Gasteiger partial charge < -0.3 is 15.0 Å². The molecule has 146 valence electrons. The molecule has 0 saturated carbocycles. The molecule has 5 heteroatoms. The average molecular weight is 370 g/mol. The molecule has 0 bridgehead atoms. The molecule has 3 rings (SSSR count). The average Bonchev–Trinajstić information content (AvgIpc) is 3.04. The maximum Gasteiger partial charge on any atom is 0.305 e. The lowest BCUT2D eigenvalue weighted by Gasteiger charge is -2.17. The van der Waals surface area contributed by atoms with Crippen LogP contribution in [0.5, 0.6) is 0 Å². The van der Waals surface area contributed by atoms with E-state index in [1.807, 2.05) is 12.1 Å². The van der Waals surface area contributed by atoms with Crippen LogP contribution in [-0.4, -0.2) is 30.5 Å². The first-order valence-corrected chi connectivity index (χ1v) is 10.1. The van der Waals surface area contributed by atoms with Gasteiger partial charge in [-0.05, 0) is 49.7 Å². The van der Waals surface area contributed by atoms with Crippen molar-refractivity contribution in [1.82, 2.24) is 10.3 Å². The van der Waals surface area contributed by atoms with E-state index in [1.54, 1.807) is 0 Å². The van der Waals surface area contributed by atoms with E-state index in [9.17, 15) is 9.59 Å². The summed E-state index contributed by atoms with van der Waals surface area (Å²) in [6.07, 6.45) is 7.56. The fourth-order valence-electron chi connectivity index (χ4n) is 3.95. The van der Waals surface area contributed by atoms with Crippen molar-refractivity contribution in [2.45, 2.75) is 58.3 Å². The molecular formula is C22H30N2O3. The molecule has 1 aromatic heterocycles. The summed E-state index contributed by atoms with van der Waals surface area (Å²) >= 11 is 0. The van der Waals surface area contributed by atoms with Crippen LogP contribution in [-0.2, 0) is 22.4 Å². The third kappa shape index (κ3) is 4.71. The molecule has 0 fully saturated rings. The predicted molar refractivity (Wildman–Crippen MR) is 107 cm³/mol. The number of para-hydroxylation sites is 1. The zero-order chi connectivity index (χ0) is 19.2. The number of fused-ring (bicyclic) bond motifs is 3. The second-order valence-corrected chi connectivity index (χ2v) is 7.65. The summed E-state index contributed by atoms with van der Waals surface area (Å²) in [5.74, 6) is 0.536. The number of unbranched alkanes of at least 4 members (excludes halogenated alkanes) is 3. The second-order valence-electron chi connectivity index (χ2n) is 7.65. The van der Waals surface area contributed by atoms with Gasteiger partial charge in [-0.25, -0.2) is 0 Å². The Hall–Kier alpha value is -2.30. The lowest BCUT2D eigenvalue weighted by molar-refractivity contribution is -0.140. The van der Waals surface area contributed by atoms with Gasteiger partial charge in [0, 0.05) is 24.0 Å². The highest BCUT2D eigenvalue weighted by atomic mass is 16.5. The Labute approximate surface area is 160 Å². The molecule has 0 aliphatic heterocycles. The van der Waals surface area contributed by atoms with Gasteiger partial charge in [0.2, 0.25) is 0 Å². The summed E-state index contributed by atoms with van der Waals surface area (Å²) < 4.78 is 4.63. The number of aromatic nitrogens is 1. The van der Waals surface area contributed by atoms with Crippen LogP contribution in [0.4, 0.5) is 0 Å². The lowest BCUT2D eigenvalue weighted by Crippen LogP contribution is -2.24. The molecule has 1 unspecified atom stereocenters. The van der Waals surface area contributed by atoms with Crippen molar-refractivity contribution in [3.8, 4) is 0 Å². The van der Waals surface area contributed by atoms with E-state index in [2.05, 4.69) is 28.0 Å². The van der Waals surface area contributed by atoms with Gasteiger partial charge in [-0.3, -0.25) is 9.59 Å². The molecule has 1 aliphatic rings. The Morgan fingerprint density at radius 2 is 2.04 bits per heavy atom. The highest BCUT2D eigenvalue weighted by Gasteiger charge is 2.22. The van der Waals surface area contributed by atoms with Crippen molar-refractivity contribution in [3.63, 3.8) is 0 Å². The van der Waals surface area contributed by atoms with Crippen LogP contribution in [0.15, 0.2) is 18.2 Å². The molecule has 1 atom stereocenters. The molecule has 1 aromatic carbocycles. The normalized spacial score (nSPS) is 16.1. The first-order valence-electron chi connectivity index (χ1n) is 10.1. The van der Waals surface area contributed by atoms with Crippen molar-refractivity contribution < 1.29 is 14.3 Å². The fourth-order valence-corrected chi connectivity index (χ4v) is 3.95. The molecule has 5 nitrogen and oxygen atoms in total. The van der Waals surface area contributed by atoms with E-state index in [0.29, 0.717) is 18.9 Å². The van der Waals surface area contributed by atoms with Crippen molar-refractivity contribution in [1.29, 1.82) is 0 Å². The van der Waals surface area contributed by atoms with Crippen molar-refractivity contribution in [2.75, 3.05) is 13.7 Å². The molecule has 2 aromatic rings. The quantitative estimate of drug-likeness (QED) is 0.542. The standard InChI is InChI=1S/C22H30N2O3/c1-15-11-12-19-18(14-15)16-8-7-9-17(21(16)24-19)22(26)23-13-6-4-3-5-10-20(25)27-2/h7-9,15,24H,3-6,10-14H2,1-2H3,(H,23,26). The Balaban J connectivity index is 1.53. The third-order valence-corrected chi connectivity index (χ3v) is 5.53. The van der Waals surface area contributed by atoms with E-state index in [0.717, 1.165) is 49.6 Å². The number of aromatic amines is 1. The van der Waals surface area contributed by atoms with Gasteiger partial charge in [0.15, 0.2) is 0 Å². The van der Waals surface area contributed by atoms with Crippen molar-refractivity contribution in [3.05, 3.63) is 35.0 Å². The number of hydrogen-bond acceptors (Lipinski definition) is 3. The zero-order valence-electron chi connectivity index (χ0n) is 16.4. The number of esters is 1. The molecule has 1 amide bonds. The molecule has 2 N–H and O–H groups in total. The van der Waals surface area contributed by atoms with Crippen LogP contribution >= 0.6 is 0 Å². The summed E-state index contributed by atoms with van der Waals surface area (Å²) in [5.41, 5.74) is 4.41.